The van der Waals surface area contributed by atoms with Crippen LogP contribution in [-0.2, 0) is 13.6 Å². The van der Waals surface area contributed by atoms with Gasteiger partial charge in [-0.3, -0.25) is 4.57 Å². The molecule has 0 radical (unpaired) electrons. The van der Waals surface area contributed by atoms with Gasteiger partial charge in [0.05, 0.1) is 18.9 Å². The van der Waals surface area contributed by atoms with Crippen LogP contribution in [0.1, 0.15) is 41.7 Å². The molecule has 0 saturated heterocycles. The van der Waals surface area contributed by atoms with Crippen molar-refractivity contribution in [2.75, 3.05) is 13.2 Å². The summed E-state index contributed by atoms with van der Waals surface area (Å²) in [4.78, 5) is 11.3. The summed E-state index contributed by atoms with van der Waals surface area (Å²) in [6, 6.07) is 7.18. The van der Waals surface area contributed by atoms with Crippen LogP contribution in [0.25, 0.3) is 10.1 Å². The van der Waals surface area contributed by atoms with E-state index >= 15 is 0 Å². The number of fused-ring (bicyclic) bond motifs is 1. The topological polar surface area (TPSA) is 72.8 Å². The van der Waals surface area contributed by atoms with E-state index in [0.717, 1.165) is 15.6 Å². The van der Waals surface area contributed by atoms with E-state index < -0.39 is 19.2 Å². The highest BCUT2D eigenvalue weighted by Gasteiger charge is 2.33. The predicted octanol–water partition coefficient (Wildman–Crippen LogP) is 4.93. The summed E-state index contributed by atoms with van der Waals surface area (Å²) in [7, 11) is -3.24. The SMILES string of the molecule is CCOP(=O)(OCC)C(C)c1ccc2sc(C(=O)O)cc2c1. The summed E-state index contributed by atoms with van der Waals surface area (Å²) in [5.41, 5.74) is 0.400. The van der Waals surface area contributed by atoms with E-state index in [1.54, 1.807) is 26.8 Å². The summed E-state index contributed by atoms with van der Waals surface area (Å²) < 4.78 is 24.5. The first-order valence-corrected chi connectivity index (χ1v) is 9.49. The fraction of sp³-hybridized carbons (Fsp3) is 0.400. The van der Waals surface area contributed by atoms with Crippen LogP contribution in [-0.4, -0.2) is 24.3 Å². The molecule has 1 atom stereocenters. The Bertz CT molecular complexity index is 714. The number of benzene rings is 1. The van der Waals surface area contributed by atoms with Crippen molar-refractivity contribution >= 4 is 35.0 Å². The number of rotatable bonds is 7. The van der Waals surface area contributed by atoms with E-state index in [1.807, 2.05) is 18.2 Å². The molecule has 2 aromatic rings. The third kappa shape index (κ3) is 3.41. The molecule has 0 amide bonds. The molecule has 1 aromatic carbocycles. The number of carboxylic acid groups (broad SMARTS) is 1. The van der Waals surface area contributed by atoms with E-state index in [4.69, 9.17) is 14.2 Å². The van der Waals surface area contributed by atoms with Gasteiger partial charge in [0.25, 0.3) is 0 Å². The number of thiophene rings is 1. The minimum Gasteiger partial charge on any atom is -0.477 e. The molecular weight excluding hydrogens is 323 g/mol. The fourth-order valence-corrected chi connectivity index (χ4v) is 4.88. The summed E-state index contributed by atoms with van der Waals surface area (Å²) in [6.07, 6.45) is 0. The lowest BCUT2D eigenvalue weighted by Crippen LogP contribution is -2.03. The molecule has 0 aliphatic rings. The molecular formula is C15H19O5PS. The molecule has 5 nitrogen and oxygen atoms in total. The Morgan fingerprint density at radius 2 is 1.91 bits per heavy atom. The normalized spacial score (nSPS) is 13.4. The molecule has 1 unspecified atom stereocenters. The van der Waals surface area contributed by atoms with Crippen molar-refractivity contribution in [3.05, 3.63) is 34.7 Å². The first kappa shape index (κ1) is 17.2. The highest BCUT2D eigenvalue weighted by Crippen LogP contribution is 2.60. The van der Waals surface area contributed by atoms with Gasteiger partial charge in [0, 0.05) is 4.70 Å². The Balaban J connectivity index is 2.40. The van der Waals surface area contributed by atoms with Gasteiger partial charge < -0.3 is 14.2 Å². The molecule has 1 heterocycles. The number of carbonyl (C=O) groups is 1. The summed E-state index contributed by atoms with van der Waals surface area (Å²) in [5.74, 6) is -0.940. The van der Waals surface area contributed by atoms with Crippen molar-refractivity contribution in [2.45, 2.75) is 26.4 Å². The van der Waals surface area contributed by atoms with Gasteiger partial charge in [-0.15, -0.1) is 11.3 Å². The molecule has 0 bridgehead atoms. The zero-order chi connectivity index (χ0) is 16.3. The van der Waals surface area contributed by atoms with Gasteiger partial charge >= 0.3 is 13.6 Å². The molecule has 0 spiro atoms. The van der Waals surface area contributed by atoms with Gasteiger partial charge in [0.2, 0.25) is 0 Å². The Labute approximate surface area is 133 Å². The minimum absolute atomic E-state index is 0.289. The molecule has 0 saturated carbocycles. The third-order valence-corrected chi connectivity index (χ3v) is 6.91. The van der Waals surface area contributed by atoms with Crippen LogP contribution in [0.15, 0.2) is 24.3 Å². The van der Waals surface area contributed by atoms with Crippen molar-refractivity contribution in [3.8, 4) is 0 Å². The van der Waals surface area contributed by atoms with Crippen LogP contribution in [0, 0.1) is 0 Å². The van der Waals surface area contributed by atoms with Crippen LogP contribution < -0.4 is 0 Å². The van der Waals surface area contributed by atoms with Crippen molar-refractivity contribution in [3.63, 3.8) is 0 Å². The van der Waals surface area contributed by atoms with Crippen LogP contribution >= 0.6 is 18.9 Å². The average molecular weight is 342 g/mol. The fourth-order valence-electron chi connectivity index (χ4n) is 2.23. The van der Waals surface area contributed by atoms with Crippen molar-refractivity contribution in [2.24, 2.45) is 0 Å². The molecule has 0 fully saturated rings. The monoisotopic (exact) mass is 342 g/mol. The molecule has 1 N–H and O–H groups in total. The zero-order valence-corrected chi connectivity index (χ0v) is 14.4. The first-order chi connectivity index (χ1) is 10.4. The molecule has 120 valence electrons. The molecule has 22 heavy (non-hydrogen) atoms. The van der Waals surface area contributed by atoms with Crippen molar-refractivity contribution in [1.29, 1.82) is 0 Å². The second kappa shape index (κ2) is 6.92. The Morgan fingerprint density at radius 3 is 2.45 bits per heavy atom. The van der Waals surface area contributed by atoms with Crippen LogP contribution in [0.3, 0.4) is 0 Å². The molecule has 1 aromatic heterocycles. The van der Waals surface area contributed by atoms with E-state index in [-0.39, 0.29) is 4.88 Å². The van der Waals surface area contributed by atoms with E-state index in [0.29, 0.717) is 13.2 Å². The maximum Gasteiger partial charge on any atom is 0.345 e. The van der Waals surface area contributed by atoms with Gasteiger partial charge in [-0.2, -0.15) is 0 Å². The van der Waals surface area contributed by atoms with Crippen LogP contribution in [0.5, 0.6) is 0 Å². The minimum atomic E-state index is -3.24. The lowest BCUT2D eigenvalue weighted by atomic mass is 10.1. The van der Waals surface area contributed by atoms with Gasteiger partial charge in [0.1, 0.15) is 4.88 Å². The number of carboxylic acids is 1. The maximum absolute atomic E-state index is 12.8. The largest absolute Gasteiger partial charge is 0.477 e. The second-order valence-electron chi connectivity index (χ2n) is 4.76. The highest BCUT2D eigenvalue weighted by atomic mass is 32.1. The molecule has 0 aliphatic carbocycles. The summed E-state index contributed by atoms with van der Waals surface area (Å²) >= 11 is 1.22. The highest BCUT2D eigenvalue weighted by molar-refractivity contribution is 7.54. The third-order valence-electron chi connectivity index (χ3n) is 3.33. The lowest BCUT2D eigenvalue weighted by Gasteiger charge is -2.23. The Hall–Kier alpha value is -1.20. The molecule has 7 heteroatoms. The Kier molecular flexibility index (Phi) is 5.40. The van der Waals surface area contributed by atoms with E-state index in [9.17, 15) is 9.36 Å². The van der Waals surface area contributed by atoms with E-state index in [2.05, 4.69) is 0 Å². The smallest absolute Gasteiger partial charge is 0.345 e. The van der Waals surface area contributed by atoms with E-state index in [1.165, 1.54) is 11.3 Å². The van der Waals surface area contributed by atoms with Gasteiger partial charge in [-0.25, -0.2) is 4.79 Å². The zero-order valence-electron chi connectivity index (χ0n) is 12.7. The van der Waals surface area contributed by atoms with Crippen LogP contribution in [0.2, 0.25) is 0 Å². The van der Waals surface area contributed by atoms with Gasteiger partial charge in [0.15, 0.2) is 0 Å². The van der Waals surface area contributed by atoms with Crippen LogP contribution in [0.4, 0.5) is 0 Å². The number of aromatic carboxylic acids is 1. The summed E-state index contributed by atoms with van der Waals surface area (Å²) in [5, 5.41) is 9.88. The Morgan fingerprint density at radius 1 is 1.27 bits per heavy atom. The first-order valence-electron chi connectivity index (χ1n) is 7.06. The lowest BCUT2D eigenvalue weighted by molar-refractivity contribution is 0.0702. The van der Waals surface area contributed by atoms with Gasteiger partial charge in [-0.1, -0.05) is 6.07 Å². The summed E-state index contributed by atoms with van der Waals surface area (Å²) in [6.45, 7) is 5.98. The number of hydrogen-bond donors (Lipinski definition) is 1. The quantitative estimate of drug-likeness (QED) is 0.723. The molecule has 2 rings (SSSR count). The average Bonchev–Trinajstić information content (AvgIpc) is 2.90. The predicted molar refractivity (Wildman–Crippen MR) is 88.1 cm³/mol. The van der Waals surface area contributed by atoms with Gasteiger partial charge in [-0.05, 0) is 49.9 Å². The molecule has 0 aliphatic heterocycles. The second-order valence-corrected chi connectivity index (χ2v) is 8.22. The standard InChI is InChI=1S/C15H19O5PS/c1-4-19-21(18,20-5-2)10(3)11-6-7-13-12(8-11)9-14(22-13)15(16)17/h6-10H,4-5H2,1-3H3,(H,16,17). The van der Waals surface area contributed by atoms with Crippen molar-refractivity contribution in [1.82, 2.24) is 0 Å². The maximum atomic E-state index is 12.8. The number of hydrogen-bond acceptors (Lipinski definition) is 5. The van der Waals surface area contributed by atoms with Crippen molar-refractivity contribution < 1.29 is 23.5 Å².